The van der Waals surface area contributed by atoms with Crippen LogP contribution >= 0.6 is 11.3 Å². The highest BCUT2D eigenvalue weighted by Gasteiger charge is 2.28. The number of hydrogen-bond donors (Lipinski definition) is 1. The fraction of sp³-hybridized carbons (Fsp3) is 0.391. The van der Waals surface area contributed by atoms with Gasteiger partial charge in [0.15, 0.2) is 11.5 Å². The zero-order valence-electron chi connectivity index (χ0n) is 17.0. The molecule has 2 atom stereocenters. The molecule has 2 aliphatic heterocycles. The van der Waals surface area contributed by atoms with Gasteiger partial charge in [-0.15, -0.1) is 11.3 Å². The number of piperidine rings is 1. The lowest BCUT2D eigenvalue weighted by atomic mass is 10.0. The molecule has 1 fully saturated rings. The van der Waals surface area contributed by atoms with Crippen LogP contribution in [0, 0.1) is 0 Å². The number of amides is 1. The van der Waals surface area contributed by atoms with E-state index in [2.05, 4.69) is 22.3 Å². The first-order valence-electron chi connectivity index (χ1n) is 10.5. The van der Waals surface area contributed by atoms with E-state index in [1.54, 1.807) is 11.3 Å². The second kappa shape index (κ2) is 8.24. The van der Waals surface area contributed by atoms with Gasteiger partial charge in [0.05, 0.1) is 28.8 Å². The number of carbonyl (C=O) groups is 1. The van der Waals surface area contributed by atoms with Crippen LogP contribution in [0.4, 0.5) is 0 Å². The van der Waals surface area contributed by atoms with Gasteiger partial charge in [0.25, 0.3) is 0 Å². The molecule has 1 N–H and O–H groups in total. The molecule has 2 unspecified atom stereocenters. The number of aromatic nitrogens is 1. The summed E-state index contributed by atoms with van der Waals surface area (Å²) in [6, 6.07) is 14.2. The summed E-state index contributed by atoms with van der Waals surface area (Å²) >= 11 is 1.75. The first-order chi connectivity index (χ1) is 14.7. The van der Waals surface area contributed by atoms with Crippen LogP contribution in [0.2, 0.25) is 0 Å². The van der Waals surface area contributed by atoms with Crippen LogP contribution < -0.4 is 14.8 Å². The van der Waals surface area contributed by atoms with Crippen molar-refractivity contribution in [1.82, 2.24) is 15.2 Å². The second-order valence-corrected chi connectivity index (χ2v) is 8.97. The zero-order chi connectivity index (χ0) is 20.5. The van der Waals surface area contributed by atoms with Crippen molar-refractivity contribution >= 4 is 27.5 Å². The molecule has 0 aliphatic carbocycles. The highest BCUT2D eigenvalue weighted by Crippen LogP contribution is 2.36. The minimum atomic E-state index is -0.0994. The molecule has 156 valence electrons. The van der Waals surface area contributed by atoms with Gasteiger partial charge in [-0.25, -0.2) is 4.98 Å². The number of nitrogens with one attached hydrogen (secondary N) is 1. The molecule has 30 heavy (non-hydrogen) atoms. The summed E-state index contributed by atoms with van der Waals surface area (Å²) in [6.07, 6.45) is 3.34. The van der Waals surface area contributed by atoms with Crippen LogP contribution in [0.25, 0.3) is 10.2 Å². The van der Waals surface area contributed by atoms with Gasteiger partial charge < -0.3 is 14.8 Å². The van der Waals surface area contributed by atoms with Gasteiger partial charge in [-0.3, -0.25) is 9.69 Å². The number of fused-ring (bicyclic) bond motifs is 2. The minimum absolute atomic E-state index is 0.0353. The molecule has 0 radical (unpaired) electrons. The molecule has 1 aromatic heterocycles. The van der Waals surface area contributed by atoms with E-state index in [0.29, 0.717) is 6.54 Å². The van der Waals surface area contributed by atoms with Crippen LogP contribution in [0.5, 0.6) is 11.5 Å². The Morgan fingerprint density at radius 3 is 3.00 bits per heavy atom. The Kier molecular flexibility index (Phi) is 5.31. The van der Waals surface area contributed by atoms with Gasteiger partial charge in [-0.1, -0.05) is 24.6 Å². The van der Waals surface area contributed by atoms with E-state index in [4.69, 9.17) is 14.5 Å². The fourth-order valence-corrected chi connectivity index (χ4v) is 5.37. The summed E-state index contributed by atoms with van der Waals surface area (Å²) in [7, 11) is 0. The lowest BCUT2D eigenvalue weighted by molar-refractivity contribution is -0.123. The largest absolute Gasteiger partial charge is 0.454 e. The first kappa shape index (κ1) is 19.3. The number of nitrogens with zero attached hydrogens (tertiary/aromatic N) is 2. The molecule has 2 aromatic carbocycles. The molecule has 0 spiro atoms. The number of thiazole rings is 1. The van der Waals surface area contributed by atoms with E-state index in [1.165, 1.54) is 11.1 Å². The molecule has 7 heteroatoms. The Bertz CT molecular complexity index is 1030. The number of likely N-dealkylation sites (tertiary alicyclic amines) is 1. The number of carbonyl (C=O) groups excluding carboxylic acids is 1. The SMILES string of the molecule is CC(NC(=O)CN1CCCCC1c1nc2ccccc2s1)c1ccc2c(c1)OCO2. The smallest absolute Gasteiger partial charge is 0.234 e. The Morgan fingerprint density at radius 2 is 2.10 bits per heavy atom. The summed E-state index contributed by atoms with van der Waals surface area (Å²) in [4.78, 5) is 20.0. The van der Waals surface area contributed by atoms with Gasteiger partial charge in [0.1, 0.15) is 5.01 Å². The highest BCUT2D eigenvalue weighted by atomic mass is 32.1. The van der Waals surface area contributed by atoms with E-state index >= 15 is 0 Å². The Balaban J connectivity index is 1.26. The summed E-state index contributed by atoms with van der Waals surface area (Å²) in [5.74, 6) is 1.53. The lowest BCUT2D eigenvalue weighted by Crippen LogP contribution is -2.42. The van der Waals surface area contributed by atoms with Gasteiger partial charge >= 0.3 is 0 Å². The predicted molar refractivity (Wildman–Crippen MR) is 117 cm³/mol. The van der Waals surface area contributed by atoms with Crippen LogP contribution in [0.3, 0.4) is 0 Å². The third-order valence-electron chi connectivity index (χ3n) is 5.83. The highest BCUT2D eigenvalue weighted by molar-refractivity contribution is 7.18. The van der Waals surface area contributed by atoms with Crippen LogP contribution in [-0.4, -0.2) is 35.7 Å². The van der Waals surface area contributed by atoms with Crippen LogP contribution in [-0.2, 0) is 4.79 Å². The van der Waals surface area contributed by atoms with Crippen molar-refractivity contribution in [3.05, 3.63) is 53.0 Å². The maximum absolute atomic E-state index is 12.9. The van der Waals surface area contributed by atoms with Crippen molar-refractivity contribution < 1.29 is 14.3 Å². The van der Waals surface area contributed by atoms with Gasteiger partial charge in [-0.05, 0) is 56.1 Å². The summed E-state index contributed by atoms with van der Waals surface area (Å²) < 4.78 is 12.0. The van der Waals surface area contributed by atoms with Gasteiger partial charge in [0, 0.05) is 0 Å². The molecule has 0 bridgehead atoms. The van der Waals surface area contributed by atoms with E-state index in [1.807, 2.05) is 37.3 Å². The number of hydrogen-bond acceptors (Lipinski definition) is 6. The average molecular weight is 424 g/mol. The van der Waals surface area contributed by atoms with Gasteiger partial charge in [0.2, 0.25) is 12.7 Å². The predicted octanol–water partition coefficient (Wildman–Crippen LogP) is 4.43. The summed E-state index contributed by atoms with van der Waals surface area (Å²) in [5, 5.41) is 4.26. The second-order valence-electron chi connectivity index (χ2n) is 7.90. The summed E-state index contributed by atoms with van der Waals surface area (Å²) in [5.41, 5.74) is 2.05. The Hall–Kier alpha value is -2.64. The zero-order valence-corrected chi connectivity index (χ0v) is 17.8. The first-order valence-corrected chi connectivity index (χ1v) is 11.3. The average Bonchev–Trinajstić information content (AvgIpc) is 3.40. The standard InChI is InChI=1S/C23H25N3O3S/c1-15(16-9-10-19-20(12-16)29-14-28-19)24-22(27)13-26-11-5-4-7-18(26)23-25-17-6-2-3-8-21(17)30-23/h2-3,6,8-10,12,15,18H,4-5,7,11,13-14H2,1H3,(H,24,27). The molecule has 3 aromatic rings. The van der Waals surface area contributed by atoms with E-state index in [-0.39, 0.29) is 24.8 Å². The molecular formula is C23H25N3O3S. The molecule has 3 heterocycles. The van der Waals surface area contributed by atoms with Crippen molar-refractivity contribution in [2.45, 2.75) is 38.3 Å². The van der Waals surface area contributed by atoms with Crippen molar-refractivity contribution in [2.24, 2.45) is 0 Å². The minimum Gasteiger partial charge on any atom is -0.454 e. The number of ether oxygens (including phenoxy) is 2. The third kappa shape index (κ3) is 3.87. The third-order valence-corrected chi connectivity index (χ3v) is 6.97. The lowest BCUT2D eigenvalue weighted by Gasteiger charge is -2.34. The quantitative estimate of drug-likeness (QED) is 0.658. The molecule has 2 aliphatic rings. The van der Waals surface area contributed by atoms with Crippen LogP contribution in [0.1, 0.15) is 48.8 Å². The molecular weight excluding hydrogens is 398 g/mol. The van der Waals surface area contributed by atoms with Crippen molar-refractivity contribution in [1.29, 1.82) is 0 Å². The molecule has 1 saturated heterocycles. The Labute approximate surface area is 179 Å². The topological polar surface area (TPSA) is 63.7 Å². The maximum Gasteiger partial charge on any atom is 0.234 e. The monoisotopic (exact) mass is 423 g/mol. The van der Waals surface area contributed by atoms with E-state index in [0.717, 1.165) is 47.0 Å². The van der Waals surface area contributed by atoms with E-state index in [9.17, 15) is 4.79 Å². The van der Waals surface area contributed by atoms with Crippen molar-refractivity contribution in [3.8, 4) is 11.5 Å². The van der Waals surface area contributed by atoms with Gasteiger partial charge in [-0.2, -0.15) is 0 Å². The molecule has 5 rings (SSSR count). The fourth-order valence-electron chi connectivity index (χ4n) is 4.23. The normalized spacial score (nSPS) is 19.7. The molecule has 6 nitrogen and oxygen atoms in total. The maximum atomic E-state index is 12.9. The number of benzene rings is 2. The number of rotatable bonds is 5. The van der Waals surface area contributed by atoms with Crippen LogP contribution in [0.15, 0.2) is 42.5 Å². The summed E-state index contributed by atoms with van der Waals surface area (Å²) in [6.45, 7) is 3.56. The molecule has 1 amide bonds. The van der Waals surface area contributed by atoms with Crippen molar-refractivity contribution in [3.63, 3.8) is 0 Å². The number of para-hydroxylation sites is 1. The molecule has 0 saturated carbocycles. The van der Waals surface area contributed by atoms with E-state index < -0.39 is 0 Å². The Morgan fingerprint density at radius 1 is 1.23 bits per heavy atom. The van der Waals surface area contributed by atoms with Crippen molar-refractivity contribution in [2.75, 3.05) is 19.9 Å².